The van der Waals surface area contributed by atoms with Gasteiger partial charge in [0.05, 0.1) is 24.3 Å². The van der Waals surface area contributed by atoms with E-state index in [-0.39, 0.29) is 11.7 Å². The van der Waals surface area contributed by atoms with Crippen molar-refractivity contribution in [3.8, 4) is 23.0 Å². The quantitative estimate of drug-likeness (QED) is 0.395. The first-order valence-electron chi connectivity index (χ1n) is 9.90. The van der Waals surface area contributed by atoms with Crippen LogP contribution in [0, 0.1) is 0 Å². The van der Waals surface area contributed by atoms with Gasteiger partial charge < -0.3 is 14.5 Å². The van der Waals surface area contributed by atoms with Gasteiger partial charge in [0.15, 0.2) is 10.9 Å². The number of ether oxygens (including phenoxy) is 1. The monoisotopic (exact) mass is 434 g/mol. The summed E-state index contributed by atoms with van der Waals surface area (Å²) in [5.41, 5.74) is 1.91. The van der Waals surface area contributed by atoms with E-state index in [1.807, 2.05) is 72.2 Å². The molecule has 1 amide bonds. The second-order valence-corrected chi connectivity index (χ2v) is 7.54. The molecule has 8 heteroatoms. The van der Waals surface area contributed by atoms with Crippen LogP contribution in [0.1, 0.15) is 12.5 Å². The molecule has 0 aliphatic heterocycles. The van der Waals surface area contributed by atoms with Gasteiger partial charge in [0, 0.05) is 6.54 Å². The Balaban J connectivity index is 1.51. The Morgan fingerprint density at radius 3 is 2.58 bits per heavy atom. The van der Waals surface area contributed by atoms with Crippen molar-refractivity contribution in [2.45, 2.75) is 18.6 Å². The molecule has 7 nitrogen and oxygen atoms in total. The summed E-state index contributed by atoms with van der Waals surface area (Å²) in [5.74, 6) is 2.10. The van der Waals surface area contributed by atoms with Gasteiger partial charge in [-0.1, -0.05) is 42.1 Å². The van der Waals surface area contributed by atoms with Gasteiger partial charge in [-0.25, -0.2) is 0 Å². The Morgan fingerprint density at radius 2 is 1.87 bits per heavy atom. The molecule has 0 unspecified atom stereocenters. The number of aromatic nitrogens is 3. The Bertz CT molecular complexity index is 1110. The lowest BCUT2D eigenvalue weighted by atomic mass is 10.2. The van der Waals surface area contributed by atoms with Gasteiger partial charge in [0.1, 0.15) is 5.75 Å². The van der Waals surface area contributed by atoms with Crippen molar-refractivity contribution in [2.75, 3.05) is 12.4 Å². The lowest BCUT2D eigenvalue weighted by Crippen LogP contribution is -2.24. The molecule has 2 heterocycles. The van der Waals surface area contributed by atoms with Crippen molar-refractivity contribution in [1.82, 2.24) is 20.1 Å². The molecule has 0 atom stereocenters. The maximum absolute atomic E-state index is 12.4. The number of nitrogens with zero attached hydrogens (tertiary/aromatic N) is 3. The number of carbonyl (C=O) groups excluding carboxylic acids is 1. The zero-order valence-electron chi connectivity index (χ0n) is 17.0. The molecule has 4 aromatic rings. The topological polar surface area (TPSA) is 82.2 Å². The van der Waals surface area contributed by atoms with Gasteiger partial charge in [0.25, 0.3) is 0 Å². The number of thioether (sulfide) groups is 1. The molecule has 0 aliphatic carbocycles. The van der Waals surface area contributed by atoms with Crippen LogP contribution in [0.4, 0.5) is 0 Å². The van der Waals surface area contributed by atoms with Crippen molar-refractivity contribution in [2.24, 2.45) is 0 Å². The Morgan fingerprint density at radius 1 is 1.06 bits per heavy atom. The van der Waals surface area contributed by atoms with E-state index in [2.05, 4.69) is 15.5 Å². The number of nitrogens with one attached hydrogen (secondary N) is 1. The number of amides is 1. The van der Waals surface area contributed by atoms with Crippen molar-refractivity contribution < 1.29 is 13.9 Å². The van der Waals surface area contributed by atoms with Gasteiger partial charge in [-0.05, 0) is 48.9 Å². The van der Waals surface area contributed by atoms with E-state index < -0.39 is 0 Å². The molecular formula is C23H22N4O3S. The van der Waals surface area contributed by atoms with Crippen molar-refractivity contribution in [1.29, 1.82) is 0 Å². The highest BCUT2D eigenvalue weighted by atomic mass is 32.2. The van der Waals surface area contributed by atoms with E-state index in [0.29, 0.717) is 29.9 Å². The highest BCUT2D eigenvalue weighted by Crippen LogP contribution is 2.29. The predicted octanol–water partition coefficient (Wildman–Crippen LogP) is 4.33. The minimum absolute atomic E-state index is 0.0744. The average Bonchev–Trinajstić information content (AvgIpc) is 3.48. The second kappa shape index (κ2) is 9.99. The van der Waals surface area contributed by atoms with Crippen LogP contribution >= 0.6 is 11.8 Å². The number of benzene rings is 2. The van der Waals surface area contributed by atoms with Crippen LogP contribution < -0.4 is 10.1 Å². The largest absolute Gasteiger partial charge is 0.494 e. The molecule has 0 aliphatic rings. The van der Waals surface area contributed by atoms with E-state index in [0.717, 1.165) is 17.0 Å². The fourth-order valence-corrected chi connectivity index (χ4v) is 3.78. The minimum Gasteiger partial charge on any atom is -0.494 e. The third-order valence-corrected chi connectivity index (χ3v) is 5.37. The maximum Gasteiger partial charge on any atom is 0.230 e. The number of carbonyl (C=O) groups is 1. The molecule has 0 saturated heterocycles. The van der Waals surface area contributed by atoms with E-state index in [9.17, 15) is 4.79 Å². The Labute approximate surface area is 184 Å². The van der Waals surface area contributed by atoms with E-state index in [4.69, 9.17) is 9.15 Å². The summed E-state index contributed by atoms with van der Waals surface area (Å²) in [6.45, 7) is 3.03. The van der Waals surface area contributed by atoms with Crippen LogP contribution in [0.15, 0.2) is 82.6 Å². The summed E-state index contributed by atoms with van der Waals surface area (Å²) >= 11 is 1.32. The molecule has 0 fully saturated rings. The van der Waals surface area contributed by atoms with Crippen molar-refractivity contribution in [3.05, 3.63) is 78.6 Å². The average molecular weight is 435 g/mol. The van der Waals surface area contributed by atoms with E-state index >= 15 is 0 Å². The molecule has 31 heavy (non-hydrogen) atoms. The molecule has 158 valence electrons. The van der Waals surface area contributed by atoms with Crippen LogP contribution in [-0.2, 0) is 11.3 Å². The molecule has 0 bridgehead atoms. The summed E-state index contributed by atoms with van der Waals surface area (Å²) in [7, 11) is 0. The first-order chi connectivity index (χ1) is 15.2. The van der Waals surface area contributed by atoms with Crippen LogP contribution in [0.5, 0.6) is 5.75 Å². The lowest BCUT2D eigenvalue weighted by molar-refractivity contribution is -0.118. The maximum atomic E-state index is 12.4. The normalized spacial score (nSPS) is 10.7. The fraction of sp³-hybridized carbons (Fsp3) is 0.174. The standard InChI is InChI=1S/C23H22N4O3S/c1-2-29-19-12-10-18(11-13-19)27-22(20-9-6-14-30-20)25-26-23(27)31-16-21(28)24-15-17-7-4-3-5-8-17/h3-14H,2,15-16H2,1H3,(H,24,28). The predicted molar refractivity (Wildman–Crippen MR) is 119 cm³/mol. The summed E-state index contributed by atoms with van der Waals surface area (Å²) in [6, 6.07) is 21.1. The van der Waals surface area contributed by atoms with Crippen LogP contribution in [-0.4, -0.2) is 33.0 Å². The summed E-state index contributed by atoms with van der Waals surface area (Å²) in [4.78, 5) is 12.4. The van der Waals surface area contributed by atoms with Crippen LogP contribution in [0.25, 0.3) is 17.3 Å². The molecule has 2 aromatic heterocycles. The smallest absolute Gasteiger partial charge is 0.230 e. The number of furan rings is 1. The molecule has 0 radical (unpaired) electrons. The van der Waals surface area contributed by atoms with Gasteiger partial charge >= 0.3 is 0 Å². The summed E-state index contributed by atoms with van der Waals surface area (Å²) < 4.78 is 12.9. The fourth-order valence-electron chi connectivity index (χ4n) is 3.00. The number of hydrogen-bond donors (Lipinski definition) is 1. The third-order valence-electron chi connectivity index (χ3n) is 4.45. The number of hydrogen-bond acceptors (Lipinski definition) is 6. The molecule has 4 rings (SSSR count). The van der Waals surface area contributed by atoms with Crippen molar-refractivity contribution >= 4 is 17.7 Å². The molecule has 2 aromatic carbocycles. The van der Waals surface area contributed by atoms with Gasteiger partial charge in [-0.3, -0.25) is 9.36 Å². The van der Waals surface area contributed by atoms with E-state index in [1.54, 1.807) is 12.3 Å². The van der Waals surface area contributed by atoms with Gasteiger partial charge in [-0.15, -0.1) is 10.2 Å². The highest BCUT2D eigenvalue weighted by Gasteiger charge is 2.19. The second-order valence-electron chi connectivity index (χ2n) is 6.60. The number of rotatable bonds is 9. The summed E-state index contributed by atoms with van der Waals surface area (Å²) in [5, 5.41) is 12.1. The van der Waals surface area contributed by atoms with Crippen LogP contribution in [0.3, 0.4) is 0 Å². The van der Waals surface area contributed by atoms with Crippen molar-refractivity contribution in [3.63, 3.8) is 0 Å². The third kappa shape index (κ3) is 5.16. The minimum atomic E-state index is -0.0744. The first-order valence-corrected chi connectivity index (χ1v) is 10.9. The van der Waals surface area contributed by atoms with Gasteiger partial charge in [-0.2, -0.15) is 0 Å². The Hall–Kier alpha value is -3.52. The molecule has 0 spiro atoms. The first kappa shape index (κ1) is 20.7. The van der Waals surface area contributed by atoms with E-state index in [1.165, 1.54) is 11.8 Å². The van der Waals surface area contributed by atoms with Crippen LogP contribution in [0.2, 0.25) is 0 Å². The zero-order chi connectivity index (χ0) is 21.5. The SMILES string of the molecule is CCOc1ccc(-n2c(SCC(=O)NCc3ccccc3)nnc2-c2ccco2)cc1. The Kier molecular flexibility index (Phi) is 6.68. The summed E-state index contributed by atoms with van der Waals surface area (Å²) in [6.07, 6.45) is 1.59. The molecule has 0 saturated carbocycles. The zero-order valence-corrected chi connectivity index (χ0v) is 17.8. The lowest BCUT2D eigenvalue weighted by Gasteiger charge is -2.10. The highest BCUT2D eigenvalue weighted by molar-refractivity contribution is 7.99. The molecular weight excluding hydrogens is 412 g/mol. The molecule has 1 N–H and O–H groups in total. The van der Waals surface area contributed by atoms with Gasteiger partial charge in [0.2, 0.25) is 11.7 Å².